The molecule has 1 rings (SSSR count). The van der Waals surface area contributed by atoms with E-state index in [4.69, 9.17) is 0 Å². The lowest BCUT2D eigenvalue weighted by Gasteiger charge is -2.15. The lowest BCUT2D eigenvalue weighted by Crippen LogP contribution is -2.21. The fourth-order valence-corrected chi connectivity index (χ4v) is 2.30. The Hall–Kier alpha value is -0.920. The molecule has 0 aliphatic rings. The number of aromatic nitrogens is 2. The van der Waals surface area contributed by atoms with Crippen LogP contribution in [-0.4, -0.2) is 16.1 Å². The van der Waals surface area contributed by atoms with Crippen LogP contribution in [0.2, 0.25) is 0 Å². The number of rotatable bonds is 6. The Bertz CT molecular complexity index is 362. The fraction of sp³-hybridized carbons (Fsp3) is 0.667. The van der Waals surface area contributed by atoms with Crippen LogP contribution in [0.3, 0.4) is 0 Å². The van der Waals surface area contributed by atoms with Crippen LogP contribution in [0.25, 0.3) is 0 Å². The standard InChI is InChI=1S/C12H19N3S/c1-4-6-7-8-11(13-9-5-2)12-10(3)14-15-16-12/h11,13H,5,7-9H2,1-3H3. The molecule has 0 aliphatic carbocycles. The van der Waals surface area contributed by atoms with Gasteiger partial charge in [-0.25, -0.2) is 0 Å². The molecule has 0 saturated carbocycles. The predicted molar refractivity (Wildman–Crippen MR) is 68.4 cm³/mol. The van der Waals surface area contributed by atoms with Gasteiger partial charge < -0.3 is 5.32 Å². The van der Waals surface area contributed by atoms with Crippen molar-refractivity contribution in [3.63, 3.8) is 0 Å². The highest BCUT2D eigenvalue weighted by Crippen LogP contribution is 2.23. The highest BCUT2D eigenvalue weighted by atomic mass is 32.1. The second kappa shape index (κ2) is 7.37. The second-order valence-electron chi connectivity index (χ2n) is 3.69. The molecule has 0 bridgehead atoms. The average Bonchev–Trinajstić information content (AvgIpc) is 2.70. The SMILES string of the molecule is CC#CCCC(NCCC)c1snnc1C. The summed E-state index contributed by atoms with van der Waals surface area (Å²) in [5.74, 6) is 6.04. The first-order valence-electron chi connectivity index (χ1n) is 5.71. The maximum Gasteiger partial charge on any atom is 0.0772 e. The summed E-state index contributed by atoms with van der Waals surface area (Å²) in [4.78, 5) is 1.26. The first-order chi connectivity index (χ1) is 7.79. The van der Waals surface area contributed by atoms with E-state index < -0.39 is 0 Å². The summed E-state index contributed by atoms with van der Waals surface area (Å²) in [6, 6.07) is 0.362. The molecule has 1 unspecified atom stereocenters. The van der Waals surface area contributed by atoms with E-state index in [2.05, 4.69) is 33.7 Å². The molecule has 0 spiro atoms. The molecular weight excluding hydrogens is 218 g/mol. The van der Waals surface area contributed by atoms with E-state index in [-0.39, 0.29) is 0 Å². The monoisotopic (exact) mass is 237 g/mol. The molecule has 0 aliphatic heterocycles. The van der Waals surface area contributed by atoms with E-state index in [0.717, 1.165) is 31.5 Å². The number of hydrogen-bond acceptors (Lipinski definition) is 4. The average molecular weight is 237 g/mol. The summed E-state index contributed by atoms with van der Waals surface area (Å²) < 4.78 is 3.99. The minimum absolute atomic E-state index is 0.362. The lowest BCUT2D eigenvalue weighted by atomic mass is 10.1. The van der Waals surface area contributed by atoms with Gasteiger partial charge in [-0.2, -0.15) is 0 Å². The van der Waals surface area contributed by atoms with Gasteiger partial charge in [-0.1, -0.05) is 11.4 Å². The molecule has 3 nitrogen and oxygen atoms in total. The molecule has 1 heterocycles. The van der Waals surface area contributed by atoms with Crippen molar-refractivity contribution < 1.29 is 0 Å². The van der Waals surface area contributed by atoms with Gasteiger partial charge in [0.05, 0.1) is 10.6 Å². The molecule has 0 amide bonds. The van der Waals surface area contributed by atoms with Gasteiger partial charge in [-0.15, -0.1) is 16.9 Å². The third-order valence-corrected chi connectivity index (χ3v) is 3.32. The molecule has 1 atom stereocenters. The van der Waals surface area contributed by atoms with Crippen molar-refractivity contribution in [1.29, 1.82) is 0 Å². The lowest BCUT2D eigenvalue weighted by molar-refractivity contribution is 0.510. The zero-order valence-corrected chi connectivity index (χ0v) is 11.0. The van der Waals surface area contributed by atoms with Crippen LogP contribution in [0, 0.1) is 18.8 Å². The van der Waals surface area contributed by atoms with Crippen LogP contribution in [0.5, 0.6) is 0 Å². The molecule has 0 radical (unpaired) electrons. The summed E-state index contributed by atoms with van der Waals surface area (Å²) in [5.41, 5.74) is 1.04. The Kier molecular flexibility index (Phi) is 6.05. The maximum absolute atomic E-state index is 4.07. The van der Waals surface area contributed by atoms with E-state index in [0.29, 0.717) is 6.04 Å². The largest absolute Gasteiger partial charge is 0.309 e. The molecule has 0 fully saturated rings. The van der Waals surface area contributed by atoms with E-state index in [9.17, 15) is 0 Å². The van der Waals surface area contributed by atoms with Gasteiger partial charge in [0, 0.05) is 12.5 Å². The van der Waals surface area contributed by atoms with Gasteiger partial charge in [0.15, 0.2) is 0 Å². The summed E-state index contributed by atoms with van der Waals surface area (Å²) in [6.45, 7) is 7.11. The summed E-state index contributed by atoms with van der Waals surface area (Å²) in [7, 11) is 0. The zero-order valence-electron chi connectivity index (χ0n) is 10.2. The Morgan fingerprint density at radius 2 is 2.31 bits per heavy atom. The minimum Gasteiger partial charge on any atom is -0.309 e. The molecule has 0 aromatic carbocycles. The highest BCUT2D eigenvalue weighted by Gasteiger charge is 2.15. The van der Waals surface area contributed by atoms with Crippen molar-refractivity contribution >= 4 is 11.5 Å². The predicted octanol–water partition coefficient (Wildman–Crippen LogP) is 2.69. The molecule has 1 aromatic heterocycles. The normalized spacial score (nSPS) is 11.9. The van der Waals surface area contributed by atoms with Crippen LogP contribution in [0.15, 0.2) is 0 Å². The summed E-state index contributed by atoms with van der Waals surface area (Å²) in [6.07, 6.45) is 3.10. The highest BCUT2D eigenvalue weighted by molar-refractivity contribution is 7.05. The molecule has 16 heavy (non-hydrogen) atoms. The van der Waals surface area contributed by atoms with Gasteiger partial charge >= 0.3 is 0 Å². The van der Waals surface area contributed by atoms with E-state index in [1.165, 1.54) is 16.4 Å². The van der Waals surface area contributed by atoms with Crippen molar-refractivity contribution in [2.45, 2.75) is 46.1 Å². The zero-order chi connectivity index (χ0) is 11.8. The van der Waals surface area contributed by atoms with Crippen molar-refractivity contribution in [2.75, 3.05) is 6.54 Å². The van der Waals surface area contributed by atoms with E-state index in [1.807, 2.05) is 13.8 Å². The van der Waals surface area contributed by atoms with Crippen LogP contribution >= 0.6 is 11.5 Å². The maximum atomic E-state index is 4.07. The van der Waals surface area contributed by atoms with Crippen LogP contribution in [0.1, 0.15) is 49.7 Å². The number of nitrogens with one attached hydrogen (secondary N) is 1. The number of aryl methyl sites for hydroxylation is 1. The van der Waals surface area contributed by atoms with Crippen LogP contribution < -0.4 is 5.32 Å². The van der Waals surface area contributed by atoms with Crippen molar-refractivity contribution in [2.24, 2.45) is 0 Å². The van der Waals surface area contributed by atoms with E-state index >= 15 is 0 Å². The minimum atomic E-state index is 0.362. The Morgan fingerprint density at radius 1 is 1.50 bits per heavy atom. The van der Waals surface area contributed by atoms with Gasteiger partial charge in [-0.3, -0.25) is 0 Å². The van der Waals surface area contributed by atoms with Gasteiger partial charge in [0.1, 0.15) is 0 Å². The first kappa shape index (κ1) is 13.1. The Balaban J connectivity index is 2.62. The Morgan fingerprint density at radius 3 is 2.88 bits per heavy atom. The van der Waals surface area contributed by atoms with Crippen LogP contribution in [0.4, 0.5) is 0 Å². The van der Waals surface area contributed by atoms with E-state index in [1.54, 1.807) is 0 Å². The number of nitrogens with zero attached hydrogens (tertiary/aromatic N) is 2. The third-order valence-electron chi connectivity index (χ3n) is 2.38. The number of hydrogen-bond donors (Lipinski definition) is 1. The van der Waals surface area contributed by atoms with Crippen molar-refractivity contribution in [3.8, 4) is 11.8 Å². The van der Waals surface area contributed by atoms with Crippen molar-refractivity contribution in [3.05, 3.63) is 10.6 Å². The summed E-state index contributed by atoms with van der Waals surface area (Å²) in [5, 5.41) is 7.60. The molecule has 88 valence electrons. The third kappa shape index (κ3) is 3.92. The summed E-state index contributed by atoms with van der Waals surface area (Å²) >= 11 is 1.49. The molecule has 0 saturated heterocycles. The van der Waals surface area contributed by atoms with Crippen molar-refractivity contribution in [1.82, 2.24) is 14.9 Å². The quantitative estimate of drug-likeness (QED) is 0.773. The van der Waals surface area contributed by atoms with Gasteiger partial charge in [0.2, 0.25) is 0 Å². The topological polar surface area (TPSA) is 37.8 Å². The molecule has 4 heteroatoms. The molecular formula is C12H19N3S. The fourth-order valence-electron chi connectivity index (χ4n) is 1.54. The molecule has 1 aromatic rings. The second-order valence-corrected chi connectivity index (χ2v) is 4.48. The van der Waals surface area contributed by atoms with Gasteiger partial charge in [0.25, 0.3) is 0 Å². The Labute approximate surface area is 102 Å². The smallest absolute Gasteiger partial charge is 0.0772 e. The van der Waals surface area contributed by atoms with Gasteiger partial charge in [-0.05, 0) is 44.8 Å². The molecule has 1 N–H and O–H groups in total. The van der Waals surface area contributed by atoms with Crippen LogP contribution in [-0.2, 0) is 0 Å². The first-order valence-corrected chi connectivity index (χ1v) is 6.48.